The van der Waals surface area contributed by atoms with Gasteiger partial charge in [-0.1, -0.05) is 17.3 Å². The van der Waals surface area contributed by atoms with Crippen molar-refractivity contribution in [3.8, 4) is 11.1 Å². The lowest BCUT2D eigenvalue weighted by atomic mass is 9.78. The summed E-state index contributed by atoms with van der Waals surface area (Å²) in [4.78, 5) is 21.2. The standard InChI is InChI=1S/C25H27FN6O/c1-16-24-22(30-25(27)29-16)12-18(13-23(24)31-33-11-10-32-8-3-9-32)20-6-5-19(26)14-21(20)17-4-2-7-28-15-17/h2,4-7,14-15,18H,3,8-13H2,1H3,(H2,27,29,30)/b31-23+/t18-/m1/s1. The molecule has 0 spiro atoms. The van der Waals surface area contributed by atoms with Gasteiger partial charge in [0.05, 0.1) is 17.1 Å². The van der Waals surface area contributed by atoms with Gasteiger partial charge >= 0.3 is 0 Å². The molecule has 1 saturated heterocycles. The molecule has 7 nitrogen and oxygen atoms in total. The second-order valence-electron chi connectivity index (χ2n) is 8.63. The number of aryl methyl sites for hydroxylation is 1. The number of nitrogens with two attached hydrogens (primary N) is 1. The van der Waals surface area contributed by atoms with Crippen LogP contribution in [0.25, 0.3) is 11.1 Å². The number of nitrogen functional groups attached to an aromatic ring is 1. The van der Waals surface area contributed by atoms with Crippen molar-refractivity contribution in [2.75, 3.05) is 32.0 Å². The van der Waals surface area contributed by atoms with Crippen molar-refractivity contribution in [1.29, 1.82) is 0 Å². The fourth-order valence-electron chi connectivity index (χ4n) is 4.68. The van der Waals surface area contributed by atoms with Crippen LogP contribution in [0.15, 0.2) is 47.9 Å². The highest BCUT2D eigenvalue weighted by Crippen LogP contribution is 2.38. The summed E-state index contributed by atoms with van der Waals surface area (Å²) in [7, 11) is 0. The maximum atomic E-state index is 14.2. The van der Waals surface area contributed by atoms with Crippen LogP contribution in [0.1, 0.15) is 41.3 Å². The van der Waals surface area contributed by atoms with E-state index in [1.807, 2.05) is 25.1 Å². The maximum Gasteiger partial charge on any atom is 0.220 e. The highest BCUT2D eigenvalue weighted by molar-refractivity contribution is 6.03. The zero-order valence-corrected chi connectivity index (χ0v) is 18.7. The normalized spacial score (nSPS) is 19.2. The molecular formula is C25H27FN6O. The number of benzene rings is 1. The molecule has 1 aliphatic heterocycles. The third-order valence-electron chi connectivity index (χ3n) is 6.40. The molecule has 0 amide bonds. The van der Waals surface area contributed by atoms with E-state index in [2.05, 4.69) is 25.0 Å². The monoisotopic (exact) mass is 446 g/mol. The molecule has 170 valence electrons. The van der Waals surface area contributed by atoms with Crippen LogP contribution in [0.2, 0.25) is 0 Å². The number of anilines is 1. The number of halogens is 1. The molecule has 2 aliphatic rings. The van der Waals surface area contributed by atoms with Crippen LogP contribution in [-0.4, -0.2) is 51.8 Å². The first-order valence-corrected chi connectivity index (χ1v) is 11.3. The zero-order chi connectivity index (χ0) is 22.8. The Labute approximate surface area is 192 Å². The van der Waals surface area contributed by atoms with E-state index in [9.17, 15) is 4.39 Å². The molecule has 0 saturated carbocycles. The molecule has 1 aliphatic carbocycles. The van der Waals surface area contributed by atoms with Gasteiger partial charge in [0, 0.05) is 36.5 Å². The van der Waals surface area contributed by atoms with Gasteiger partial charge in [-0.15, -0.1) is 0 Å². The van der Waals surface area contributed by atoms with Crippen molar-refractivity contribution in [2.24, 2.45) is 5.16 Å². The number of likely N-dealkylation sites (tertiary alicyclic amines) is 1. The summed E-state index contributed by atoms with van der Waals surface area (Å²) in [6.07, 6.45) is 6.02. The number of fused-ring (bicyclic) bond motifs is 1. The van der Waals surface area contributed by atoms with Crippen molar-refractivity contribution in [3.05, 3.63) is 71.1 Å². The van der Waals surface area contributed by atoms with Crippen molar-refractivity contribution >= 4 is 11.7 Å². The van der Waals surface area contributed by atoms with Gasteiger partial charge in [-0.25, -0.2) is 14.4 Å². The molecule has 0 bridgehead atoms. The Morgan fingerprint density at radius 2 is 2.09 bits per heavy atom. The van der Waals surface area contributed by atoms with Crippen LogP contribution in [0.3, 0.4) is 0 Å². The molecule has 33 heavy (non-hydrogen) atoms. The molecule has 3 heterocycles. The lowest BCUT2D eigenvalue weighted by Gasteiger charge is -2.30. The van der Waals surface area contributed by atoms with Gasteiger partial charge in [0.25, 0.3) is 0 Å². The summed E-state index contributed by atoms with van der Waals surface area (Å²) in [6, 6.07) is 8.73. The van der Waals surface area contributed by atoms with Crippen molar-refractivity contribution in [2.45, 2.75) is 32.1 Å². The minimum absolute atomic E-state index is 0.0414. The third kappa shape index (κ3) is 4.57. The first-order valence-electron chi connectivity index (χ1n) is 11.3. The Hall–Kier alpha value is -3.39. The Bertz CT molecular complexity index is 1180. The quantitative estimate of drug-likeness (QED) is 0.459. The summed E-state index contributed by atoms with van der Waals surface area (Å²) in [6.45, 7) is 5.58. The van der Waals surface area contributed by atoms with Gasteiger partial charge in [0.2, 0.25) is 5.95 Å². The number of rotatable bonds is 6. The number of hydrogen-bond donors (Lipinski definition) is 1. The smallest absolute Gasteiger partial charge is 0.220 e. The van der Waals surface area contributed by atoms with Crippen molar-refractivity contribution in [3.63, 3.8) is 0 Å². The second-order valence-corrected chi connectivity index (χ2v) is 8.63. The predicted molar refractivity (Wildman–Crippen MR) is 125 cm³/mol. The first-order chi connectivity index (χ1) is 16.1. The van der Waals surface area contributed by atoms with Crippen LogP contribution >= 0.6 is 0 Å². The SMILES string of the molecule is Cc1nc(N)nc2c1/C(=N/OCCN1CCC1)C[C@H](c1ccc(F)cc1-c1cccnc1)C2. The lowest BCUT2D eigenvalue weighted by molar-refractivity contribution is 0.0850. The predicted octanol–water partition coefficient (Wildman–Crippen LogP) is 3.72. The summed E-state index contributed by atoms with van der Waals surface area (Å²) < 4.78 is 14.2. The summed E-state index contributed by atoms with van der Waals surface area (Å²) in [5.74, 6) is 0.00993. The molecule has 0 radical (unpaired) electrons. The lowest BCUT2D eigenvalue weighted by Crippen LogP contribution is -2.39. The highest BCUT2D eigenvalue weighted by atomic mass is 19.1. The van der Waals surface area contributed by atoms with E-state index in [4.69, 9.17) is 10.6 Å². The summed E-state index contributed by atoms with van der Waals surface area (Å²) in [5.41, 5.74) is 12.1. The summed E-state index contributed by atoms with van der Waals surface area (Å²) >= 11 is 0. The molecule has 1 aromatic carbocycles. The fourth-order valence-corrected chi connectivity index (χ4v) is 4.68. The topological polar surface area (TPSA) is 89.5 Å². The number of oxime groups is 1. The number of nitrogens with zero attached hydrogens (tertiary/aromatic N) is 5. The van der Waals surface area contributed by atoms with Gasteiger partial charge in [-0.3, -0.25) is 9.88 Å². The molecule has 1 atom stereocenters. The molecule has 0 unspecified atom stereocenters. The summed E-state index contributed by atoms with van der Waals surface area (Å²) in [5, 5.41) is 4.52. The van der Waals surface area contributed by atoms with Crippen LogP contribution in [0, 0.1) is 12.7 Å². The third-order valence-corrected chi connectivity index (χ3v) is 6.40. The van der Waals surface area contributed by atoms with Crippen LogP contribution < -0.4 is 5.73 Å². The number of hydrogen-bond acceptors (Lipinski definition) is 7. The van der Waals surface area contributed by atoms with E-state index in [0.717, 1.165) is 59.0 Å². The average Bonchev–Trinajstić information content (AvgIpc) is 2.77. The first kappa shape index (κ1) is 21.5. The molecule has 2 aromatic heterocycles. The van der Waals surface area contributed by atoms with Crippen molar-refractivity contribution in [1.82, 2.24) is 19.9 Å². The maximum absolute atomic E-state index is 14.2. The van der Waals surface area contributed by atoms with Gasteiger partial charge in [0.1, 0.15) is 12.4 Å². The minimum atomic E-state index is -0.278. The molecule has 8 heteroatoms. The number of aromatic nitrogens is 3. The van der Waals surface area contributed by atoms with E-state index in [1.54, 1.807) is 18.5 Å². The molecule has 5 rings (SSSR count). The van der Waals surface area contributed by atoms with Crippen LogP contribution in [0.4, 0.5) is 10.3 Å². The fraction of sp³-hybridized carbons (Fsp3) is 0.360. The van der Waals surface area contributed by atoms with Gasteiger partial charge in [-0.2, -0.15) is 0 Å². The van der Waals surface area contributed by atoms with Crippen LogP contribution in [-0.2, 0) is 11.3 Å². The Morgan fingerprint density at radius 1 is 1.21 bits per heavy atom. The van der Waals surface area contributed by atoms with Gasteiger partial charge < -0.3 is 10.6 Å². The van der Waals surface area contributed by atoms with E-state index >= 15 is 0 Å². The Kier molecular flexibility index (Phi) is 6.00. The largest absolute Gasteiger partial charge is 0.394 e. The molecule has 1 fully saturated rings. The van der Waals surface area contributed by atoms with Gasteiger partial charge in [-0.05, 0) is 68.1 Å². The Morgan fingerprint density at radius 3 is 2.85 bits per heavy atom. The highest BCUT2D eigenvalue weighted by Gasteiger charge is 2.30. The van der Waals surface area contributed by atoms with E-state index in [1.165, 1.54) is 12.5 Å². The van der Waals surface area contributed by atoms with E-state index in [0.29, 0.717) is 19.4 Å². The van der Waals surface area contributed by atoms with E-state index < -0.39 is 0 Å². The van der Waals surface area contributed by atoms with Crippen LogP contribution in [0.5, 0.6) is 0 Å². The second kappa shape index (κ2) is 9.23. The Balaban J connectivity index is 1.49. The molecule has 2 N–H and O–H groups in total. The van der Waals surface area contributed by atoms with Crippen molar-refractivity contribution < 1.29 is 9.23 Å². The van der Waals surface area contributed by atoms with E-state index in [-0.39, 0.29) is 17.7 Å². The molecular weight excluding hydrogens is 419 g/mol. The zero-order valence-electron chi connectivity index (χ0n) is 18.7. The average molecular weight is 447 g/mol. The minimum Gasteiger partial charge on any atom is -0.394 e. The van der Waals surface area contributed by atoms with Gasteiger partial charge in [0.15, 0.2) is 0 Å². The molecule has 3 aromatic rings. The number of pyridine rings is 1.